The zero-order valence-corrected chi connectivity index (χ0v) is 36.0. The lowest BCUT2D eigenvalue weighted by molar-refractivity contribution is -0.161. The lowest BCUT2D eigenvalue weighted by Gasteiger charge is -2.19. The summed E-state index contributed by atoms with van der Waals surface area (Å²) in [6.07, 6.45) is 52.1. The van der Waals surface area contributed by atoms with Gasteiger partial charge >= 0.3 is 19.8 Å². The molecule has 0 rings (SSSR count). The van der Waals surface area contributed by atoms with Crippen LogP contribution in [0.1, 0.15) is 162 Å². The molecule has 0 saturated carbocycles. The Morgan fingerprint density at radius 3 is 1.64 bits per heavy atom. The van der Waals surface area contributed by atoms with Crippen molar-refractivity contribution in [3.8, 4) is 0 Å². The van der Waals surface area contributed by atoms with Crippen LogP contribution in [0.5, 0.6) is 0 Å². The summed E-state index contributed by atoms with van der Waals surface area (Å²) in [5.74, 6) is -0.932. The Labute approximate surface area is 341 Å². The lowest BCUT2D eigenvalue weighted by atomic mass is 10.1. The summed E-state index contributed by atoms with van der Waals surface area (Å²) in [6, 6.07) is 0. The average molecular weight is 804 g/mol. The van der Waals surface area contributed by atoms with Crippen molar-refractivity contribution in [3.05, 3.63) is 85.1 Å². The maximum Gasteiger partial charge on any atom is 0.472 e. The van der Waals surface area contributed by atoms with Gasteiger partial charge in [0, 0.05) is 19.4 Å². The number of hydrogen-bond donors (Lipinski definition) is 2. The zero-order valence-electron chi connectivity index (χ0n) is 35.1. The molecule has 0 aliphatic heterocycles. The molecular formula is C46H78NO8P. The molecule has 0 fully saturated rings. The van der Waals surface area contributed by atoms with Gasteiger partial charge in [0.15, 0.2) is 6.10 Å². The molecule has 0 saturated heterocycles. The molecule has 56 heavy (non-hydrogen) atoms. The van der Waals surface area contributed by atoms with Crippen LogP contribution in [0.4, 0.5) is 0 Å². The number of carbonyl (C=O) groups is 2. The van der Waals surface area contributed by atoms with Gasteiger partial charge in [0.25, 0.3) is 0 Å². The van der Waals surface area contributed by atoms with Crippen molar-refractivity contribution in [2.75, 3.05) is 26.4 Å². The van der Waals surface area contributed by atoms with Crippen LogP contribution in [0.2, 0.25) is 0 Å². The van der Waals surface area contributed by atoms with Gasteiger partial charge in [-0.1, -0.05) is 176 Å². The first-order valence-electron chi connectivity index (χ1n) is 21.6. The molecule has 320 valence electrons. The first-order valence-corrected chi connectivity index (χ1v) is 23.1. The van der Waals surface area contributed by atoms with E-state index in [9.17, 15) is 19.0 Å². The van der Waals surface area contributed by atoms with Crippen molar-refractivity contribution < 1.29 is 37.6 Å². The molecule has 0 aliphatic carbocycles. The minimum absolute atomic E-state index is 0.0362. The number of rotatable bonds is 39. The second kappa shape index (κ2) is 41.8. The minimum atomic E-state index is -4.40. The summed E-state index contributed by atoms with van der Waals surface area (Å²) in [7, 11) is -4.40. The van der Waals surface area contributed by atoms with E-state index in [1.54, 1.807) is 0 Å². The van der Waals surface area contributed by atoms with Crippen LogP contribution in [0.25, 0.3) is 0 Å². The van der Waals surface area contributed by atoms with Crippen LogP contribution < -0.4 is 5.73 Å². The molecule has 0 aromatic heterocycles. The number of phosphoric acid groups is 1. The van der Waals surface area contributed by atoms with Crippen molar-refractivity contribution in [2.45, 2.75) is 168 Å². The second-order valence-corrected chi connectivity index (χ2v) is 15.4. The topological polar surface area (TPSA) is 134 Å². The van der Waals surface area contributed by atoms with Crippen molar-refractivity contribution in [1.82, 2.24) is 0 Å². The maximum atomic E-state index is 12.5. The molecule has 0 heterocycles. The van der Waals surface area contributed by atoms with Gasteiger partial charge in [-0.25, -0.2) is 4.57 Å². The Balaban J connectivity index is 4.21. The zero-order chi connectivity index (χ0) is 41.1. The third kappa shape index (κ3) is 40.8. The minimum Gasteiger partial charge on any atom is -0.462 e. The fraction of sp³-hybridized carbons (Fsp3) is 0.652. The molecule has 10 heteroatoms. The SMILES string of the molecule is CC/C=C/C=C/C=C/C=C/C=C/CCCC(=O)OC(COC(=O)CCCCCCCCC/C=C/C/C=C/CCCCCCCCCC)COP(=O)(O)OCCN. The summed E-state index contributed by atoms with van der Waals surface area (Å²) >= 11 is 0. The molecule has 0 aromatic carbocycles. The van der Waals surface area contributed by atoms with E-state index < -0.39 is 32.5 Å². The maximum absolute atomic E-state index is 12.5. The molecule has 2 atom stereocenters. The Bertz CT molecular complexity index is 1190. The normalized spacial score (nSPS) is 14.1. The van der Waals surface area contributed by atoms with Crippen molar-refractivity contribution in [2.24, 2.45) is 5.73 Å². The van der Waals surface area contributed by atoms with E-state index in [1.807, 2.05) is 54.7 Å². The van der Waals surface area contributed by atoms with Gasteiger partial charge in [-0.05, 0) is 57.8 Å². The average Bonchev–Trinajstić information content (AvgIpc) is 3.18. The number of esters is 2. The largest absolute Gasteiger partial charge is 0.472 e. The van der Waals surface area contributed by atoms with Crippen LogP contribution in [0.3, 0.4) is 0 Å². The Kier molecular flexibility index (Phi) is 39.7. The molecule has 0 radical (unpaired) electrons. The molecular weight excluding hydrogens is 725 g/mol. The van der Waals surface area contributed by atoms with Crippen LogP contribution in [-0.4, -0.2) is 49.3 Å². The summed E-state index contributed by atoms with van der Waals surface area (Å²) in [6.45, 7) is 3.47. The summed E-state index contributed by atoms with van der Waals surface area (Å²) in [4.78, 5) is 34.8. The Hall–Kier alpha value is -2.81. The van der Waals surface area contributed by atoms with Gasteiger partial charge in [0.1, 0.15) is 6.61 Å². The van der Waals surface area contributed by atoms with Crippen LogP contribution in [0, 0.1) is 0 Å². The Morgan fingerprint density at radius 1 is 0.571 bits per heavy atom. The smallest absolute Gasteiger partial charge is 0.462 e. The number of ether oxygens (including phenoxy) is 2. The van der Waals surface area contributed by atoms with Gasteiger partial charge in [-0.3, -0.25) is 18.6 Å². The van der Waals surface area contributed by atoms with Crippen LogP contribution in [-0.2, 0) is 32.7 Å². The summed E-state index contributed by atoms with van der Waals surface area (Å²) < 4.78 is 32.6. The third-order valence-corrected chi connectivity index (χ3v) is 9.63. The molecule has 0 amide bonds. The standard InChI is InChI=1S/C46H78NO8P/c1-3-5-7-9-11-13-15-17-18-19-20-21-22-23-24-25-27-28-30-32-34-36-38-45(48)52-42-44(43-54-56(50,51)53-41-40-47)55-46(49)39-37-35-33-31-29-26-16-14-12-10-8-6-4-2/h6,8,10,12,14,16,19-20,22-23,26,29,31,33,44H,3-5,7,9,11,13,15,17-18,21,24-25,27-28,30,32,34-43,47H2,1-2H3,(H,50,51)/b8-6+,12-10+,16-14+,20-19+,23-22+,29-26+,33-31+. The van der Waals surface area contributed by atoms with E-state index in [4.69, 9.17) is 24.3 Å². The van der Waals surface area contributed by atoms with E-state index in [-0.39, 0.29) is 32.6 Å². The molecule has 0 aromatic rings. The van der Waals surface area contributed by atoms with Gasteiger partial charge in [0.05, 0.1) is 13.2 Å². The van der Waals surface area contributed by atoms with Gasteiger partial charge < -0.3 is 20.1 Å². The van der Waals surface area contributed by atoms with Crippen LogP contribution >= 0.6 is 7.82 Å². The molecule has 3 N–H and O–H groups in total. The number of phosphoric ester groups is 1. The van der Waals surface area contributed by atoms with Gasteiger partial charge in [0.2, 0.25) is 0 Å². The fourth-order valence-electron chi connectivity index (χ4n) is 5.46. The number of hydrogen-bond acceptors (Lipinski definition) is 8. The number of nitrogens with two attached hydrogens (primary N) is 1. The highest BCUT2D eigenvalue weighted by atomic mass is 31.2. The van der Waals surface area contributed by atoms with E-state index in [0.29, 0.717) is 19.3 Å². The summed E-state index contributed by atoms with van der Waals surface area (Å²) in [5, 5.41) is 0. The van der Waals surface area contributed by atoms with E-state index in [1.165, 1.54) is 77.0 Å². The number of unbranched alkanes of at least 4 members (excludes halogenated alkanes) is 16. The lowest BCUT2D eigenvalue weighted by Crippen LogP contribution is -2.29. The highest BCUT2D eigenvalue weighted by Gasteiger charge is 2.25. The Morgan fingerprint density at radius 2 is 1.07 bits per heavy atom. The van der Waals surface area contributed by atoms with E-state index >= 15 is 0 Å². The first kappa shape index (κ1) is 53.2. The van der Waals surface area contributed by atoms with Crippen LogP contribution in [0.15, 0.2) is 85.1 Å². The predicted octanol–water partition coefficient (Wildman–Crippen LogP) is 12.4. The van der Waals surface area contributed by atoms with E-state index in [2.05, 4.69) is 44.2 Å². The fourth-order valence-corrected chi connectivity index (χ4v) is 6.22. The predicted molar refractivity (Wildman–Crippen MR) is 233 cm³/mol. The van der Waals surface area contributed by atoms with Gasteiger partial charge in [-0.15, -0.1) is 0 Å². The third-order valence-electron chi connectivity index (χ3n) is 8.64. The number of carbonyl (C=O) groups excluding carboxylic acids is 2. The summed E-state index contributed by atoms with van der Waals surface area (Å²) in [5.41, 5.74) is 5.33. The van der Waals surface area contributed by atoms with Crippen molar-refractivity contribution >= 4 is 19.8 Å². The van der Waals surface area contributed by atoms with E-state index in [0.717, 1.165) is 38.5 Å². The first-order chi connectivity index (χ1) is 27.3. The molecule has 9 nitrogen and oxygen atoms in total. The van der Waals surface area contributed by atoms with Gasteiger partial charge in [-0.2, -0.15) is 0 Å². The highest BCUT2D eigenvalue weighted by molar-refractivity contribution is 7.47. The van der Waals surface area contributed by atoms with Crippen molar-refractivity contribution in [3.63, 3.8) is 0 Å². The van der Waals surface area contributed by atoms with Crippen molar-refractivity contribution in [1.29, 1.82) is 0 Å². The molecule has 0 bridgehead atoms. The monoisotopic (exact) mass is 804 g/mol. The molecule has 0 aliphatic rings. The highest BCUT2D eigenvalue weighted by Crippen LogP contribution is 2.43. The number of allylic oxidation sites excluding steroid dienone is 14. The molecule has 2 unspecified atom stereocenters. The second-order valence-electron chi connectivity index (χ2n) is 13.9. The molecule has 0 spiro atoms. The quantitative estimate of drug-likeness (QED) is 0.0205.